The molecule has 1 N–H and O–H groups in total. The summed E-state index contributed by atoms with van der Waals surface area (Å²) in [7, 11) is 0. The molecule has 0 spiro atoms. The zero-order chi connectivity index (χ0) is 18.1. The predicted molar refractivity (Wildman–Crippen MR) is 99.4 cm³/mol. The largest absolute Gasteiger partial charge is 0.325 e. The number of nitrogens with one attached hydrogen (secondary N) is 1. The summed E-state index contributed by atoms with van der Waals surface area (Å²) in [5, 5.41) is 14.6. The van der Waals surface area contributed by atoms with Crippen LogP contribution in [0.3, 0.4) is 0 Å². The van der Waals surface area contributed by atoms with Crippen LogP contribution in [0.25, 0.3) is 11.3 Å². The maximum Gasteiger partial charge on any atom is 0.269 e. The van der Waals surface area contributed by atoms with Crippen LogP contribution in [0.1, 0.15) is 10.4 Å². The van der Waals surface area contributed by atoms with Crippen LogP contribution < -0.4 is 5.32 Å². The molecule has 0 atom stereocenters. The van der Waals surface area contributed by atoms with Crippen LogP contribution in [-0.4, -0.2) is 26.1 Å². The molecule has 1 aromatic heterocycles. The van der Waals surface area contributed by atoms with Crippen molar-refractivity contribution in [2.45, 2.75) is 11.7 Å². The third kappa shape index (κ3) is 3.06. The van der Waals surface area contributed by atoms with Gasteiger partial charge in [0, 0.05) is 41.8 Å². The van der Waals surface area contributed by atoms with Gasteiger partial charge in [-0.25, -0.2) is 4.98 Å². The van der Waals surface area contributed by atoms with E-state index in [-0.39, 0.29) is 11.6 Å². The number of nitro benzene ring substituents is 1. The highest BCUT2D eigenvalue weighted by Gasteiger charge is 2.18. The third-order valence-electron chi connectivity index (χ3n) is 4.09. The number of non-ortho nitro benzene ring substituents is 1. The van der Waals surface area contributed by atoms with Gasteiger partial charge in [0.2, 0.25) is 0 Å². The molecule has 1 amide bonds. The number of imidazole rings is 1. The van der Waals surface area contributed by atoms with Gasteiger partial charge in [-0.15, -0.1) is 0 Å². The SMILES string of the molecule is O=C(Nc1ccccc1-c1cn2c(n1)SCC2)c1ccc([N+](=O)[O-])cc1. The maximum atomic E-state index is 12.5. The molecule has 3 aromatic rings. The van der Waals surface area contributed by atoms with Crippen molar-refractivity contribution in [3.8, 4) is 11.3 Å². The van der Waals surface area contributed by atoms with E-state index in [1.165, 1.54) is 24.3 Å². The molecule has 4 rings (SSSR count). The Morgan fingerprint density at radius 3 is 2.69 bits per heavy atom. The lowest BCUT2D eigenvalue weighted by atomic mass is 10.1. The molecule has 130 valence electrons. The number of thioether (sulfide) groups is 1. The molecule has 1 aliphatic heterocycles. The number of carbonyl (C=O) groups excluding carboxylic acids is 1. The molecule has 0 radical (unpaired) electrons. The number of nitro groups is 1. The zero-order valence-electron chi connectivity index (χ0n) is 13.6. The molecule has 8 heteroatoms. The Labute approximate surface area is 153 Å². The number of para-hydroxylation sites is 1. The van der Waals surface area contributed by atoms with Crippen molar-refractivity contribution in [3.05, 3.63) is 70.4 Å². The summed E-state index contributed by atoms with van der Waals surface area (Å²) < 4.78 is 2.11. The van der Waals surface area contributed by atoms with Crippen LogP contribution in [0.5, 0.6) is 0 Å². The number of carbonyl (C=O) groups is 1. The summed E-state index contributed by atoms with van der Waals surface area (Å²) >= 11 is 1.71. The molecular weight excluding hydrogens is 352 g/mol. The number of rotatable bonds is 4. The van der Waals surface area contributed by atoms with Crippen LogP contribution in [0.4, 0.5) is 11.4 Å². The molecule has 0 aliphatic carbocycles. The fraction of sp³-hybridized carbons (Fsp3) is 0.111. The van der Waals surface area contributed by atoms with E-state index in [1.54, 1.807) is 11.8 Å². The first-order valence-electron chi connectivity index (χ1n) is 7.97. The summed E-state index contributed by atoms with van der Waals surface area (Å²) in [4.78, 5) is 27.4. The molecular formula is C18H14N4O3S. The molecule has 0 bridgehead atoms. The maximum absolute atomic E-state index is 12.5. The highest BCUT2D eigenvalue weighted by molar-refractivity contribution is 7.99. The summed E-state index contributed by atoms with van der Waals surface area (Å²) in [6.45, 7) is 0.935. The van der Waals surface area contributed by atoms with Crippen molar-refractivity contribution in [3.63, 3.8) is 0 Å². The minimum absolute atomic E-state index is 0.0491. The van der Waals surface area contributed by atoms with Crippen LogP contribution >= 0.6 is 11.8 Å². The number of aromatic nitrogens is 2. The van der Waals surface area contributed by atoms with Gasteiger partial charge in [0.05, 0.1) is 16.3 Å². The second-order valence-corrected chi connectivity index (χ2v) is 6.82. The number of nitrogens with zero attached hydrogens (tertiary/aromatic N) is 3. The lowest BCUT2D eigenvalue weighted by Gasteiger charge is -2.09. The van der Waals surface area contributed by atoms with Gasteiger partial charge in [-0.2, -0.15) is 0 Å². The topological polar surface area (TPSA) is 90.1 Å². The van der Waals surface area contributed by atoms with Gasteiger partial charge in [0.1, 0.15) is 0 Å². The Hall–Kier alpha value is -3.13. The van der Waals surface area contributed by atoms with Crippen molar-refractivity contribution in [2.75, 3.05) is 11.1 Å². The Morgan fingerprint density at radius 1 is 1.19 bits per heavy atom. The number of hydrogen-bond acceptors (Lipinski definition) is 5. The minimum atomic E-state index is -0.493. The van der Waals surface area contributed by atoms with E-state index >= 15 is 0 Å². The number of anilines is 1. The monoisotopic (exact) mass is 366 g/mol. The molecule has 26 heavy (non-hydrogen) atoms. The smallest absolute Gasteiger partial charge is 0.269 e. The number of fused-ring (bicyclic) bond motifs is 1. The molecule has 0 unspecified atom stereocenters. The van der Waals surface area contributed by atoms with E-state index in [0.29, 0.717) is 11.3 Å². The Bertz CT molecular complexity index is 976. The average molecular weight is 366 g/mol. The zero-order valence-corrected chi connectivity index (χ0v) is 14.4. The fourth-order valence-corrected chi connectivity index (χ4v) is 3.73. The molecule has 2 aromatic carbocycles. The van der Waals surface area contributed by atoms with Crippen molar-refractivity contribution < 1.29 is 9.72 Å². The molecule has 7 nitrogen and oxygen atoms in total. The van der Waals surface area contributed by atoms with Crippen molar-refractivity contribution in [1.82, 2.24) is 9.55 Å². The molecule has 2 heterocycles. The second-order valence-electron chi connectivity index (χ2n) is 5.75. The van der Waals surface area contributed by atoms with E-state index in [4.69, 9.17) is 0 Å². The molecule has 1 aliphatic rings. The lowest BCUT2D eigenvalue weighted by molar-refractivity contribution is -0.384. The summed E-state index contributed by atoms with van der Waals surface area (Å²) in [6.07, 6.45) is 1.99. The summed E-state index contributed by atoms with van der Waals surface area (Å²) in [5.41, 5.74) is 2.61. The first-order chi connectivity index (χ1) is 12.6. The number of aryl methyl sites for hydroxylation is 1. The predicted octanol–water partition coefficient (Wildman–Crippen LogP) is 3.82. The summed E-state index contributed by atoms with van der Waals surface area (Å²) in [5.74, 6) is 0.703. The highest BCUT2D eigenvalue weighted by Crippen LogP contribution is 2.32. The quantitative estimate of drug-likeness (QED) is 0.560. The second kappa shape index (κ2) is 6.64. The Balaban J connectivity index is 1.60. The van der Waals surface area contributed by atoms with Gasteiger partial charge in [-0.05, 0) is 18.2 Å². The third-order valence-corrected chi connectivity index (χ3v) is 5.07. The van der Waals surface area contributed by atoms with Gasteiger partial charge in [0.25, 0.3) is 11.6 Å². The van der Waals surface area contributed by atoms with E-state index < -0.39 is 4.92 Å². The summed E-state index contributed by atoms with van der Waals surface area (Å²) in [6, 6.07) is 13.0. The molecule has 0 saturated carbocycles. The van der Waals surface area contributed by atoms with E-state index in [9.17, 15) is 14.9 Å². The van der Waals surface area contributed by atoms with Gasteiger partial charge in [-0.1, -0.05) is 30.0 Å². The van der Waals surface area contributed by atoms with Crippen LogP contribution in [0.2, 0.25) is 0 Å². The van der Waals surface area contributed by atoms with Crippen LogP contribution in [-0.2, 0) is 6.54 Å². The van der Waals surface area contributed by atoms with Gasteiger partial charge >= 0.3 is 0 Å². The normalized spacial score (nSPS) is 12.6. The Morgan fingerprint density at radius 2 is 1.96 bits per heavy atom. The van der Waals surface area contributed by atoms with Crippen molar-refractivity contribution in [2.24, 2.45) is 0 Å². The van der Waals surface area contributed by atoms with E-state index in [2.05, 4.69) is 14.9 Å². The minimum Gasteiger partial charge on any atom is -0.325 e. The molecule has 0 saturated heterocycles. The number of hydrogen-bond donors (Lipinski definition) is 1. The number of benzene rings is 2. The Kier molecular flexibility index (Phi) is 4.18. The number of amides is 1. The lowest BCUT2D eigenvalue weighted by Crippen LogP contribution is -2.12. The van der Waals surface area contributed by atoms with E-state index in [0.717, 1.165) is 28.7 Å². The van der Waals surface area contributed by atoms with E-state index in [1.807, 2.05) is 30.5 Å². The first kappa shape index (κ1) is 16.3. The molecule has 0 fully saturated rings. The van der Waals surface area contributed by atoms with Crippen LogP contribution in [0, 0.1) is 10.1 Å². The average Bonchev–Trinajstić information content (AvgIpc) is 3.24. The first-order valence-corrected chi connectivity index (χ1v) is 8.95. The van der Waals surface area contributed by atoms with Crippen LogP contribution in [0.15, 0.2) is 59.9 Å². The van der Waals surface area contributed by atoms with Crippen molar-refractivity contribution in [1.29, 1.82) is 0 Å². The van der Waals surface area contributed by atoms with Crippen molar-refractivity contribution >= 4 is 29.0 Å². The fourth-order valence-electron chi connectivity index (χ4n) is 2.78. The highest BCUT2D eigenvalue weighted by atomic mass is 32.2. The van der Waals surface area contributed by atoms with Gasteiger partial charge in [-0.3, -0.25) is 14.9 Å². The van der Waals surface area contributed by atoms with Gasteiger partial charge in [0.15, 0.2) is 5.16 Å². The standard InChI is InChI=1S/C18H14N4O3S/c23-17(12-5-7-13(8-6-12)22(24)25)19-15-4-2-1-3-14(15)16-11-21-9-10-26-18(21)20-16/h1-8,11H,9-10H2,(H,19,23). The van der Waals surface area contributed by atoms with Gasteiger partial charge < -0.3 is 9.88 Å².